The lowest BCUT2D eigenvalue weighted by molar-refractivity contribution is -0.377. The number of hydrogen-bond acceptors (Lipinski definition) is 12. The molecule has 0 radical (unpaired) electrons. The van der Waals surface area contributed by atoms with E-state index in [2.05, 4.69) is 5.32 Å². The zero-order valence-electron chi connectivity index (χ0n) is 28.9. The minimum atomic E-state index is -2.29. The van der Waals surface area contributed by atoms with Gasteiger partial charge in [0.05, 0.1) is 30.8 Å². The van der Waals surface area contributed by atoms with Gasteiger partial charge in [-0.25, -0.2) is 4.79 Å². The summed E-state index contributed by atoms with van der Waals surface area (Å²) in [6.45, 7) is 10.5. The first-order chi connectivity index (χ1) is 21.4. The number of rotatable bonds is 9. The Morgan fingerprint density at radius 1 is 1.07 bits per heavy atom. The van der Waals surface area contributed by atoms with Crippen molar-refractivity contribution >= 4 is 28.6 Å². The predicted molar refractivity (Wildman–Crippen MR) is 170 cm³/mol. The summed E-state index contributed by atoms with van der Waals surface area (Å²) in [4.78, 5) is 40.3. The van der Waals surface area contributed by atoms with E-state index in [9.17, 15) is 33.9 Å². The molecule has 0 unspecified atom stereocenters. The fraction of sp³-hybridized carbons (Fsp3) is 0.906. The number of methoxy groups -OCH3 is 2. The van der Waals surface area contributed by atoms with Crippen LogP contribution in [0.15, 0.2) is 0 Å². The summed E-state index contributed by atoms with van der Waals surface area (Å²) < 4.78 is 40.9. The van der Waals surface area contributed by atoms with E-state index in [1.54, 1.807) is 13.8 Å². The number of aliphatic hydroxyl groups is 3. The number of fused-ring (bicyclic) bond motifs is 2. The normalized spacial score (nSPS) is 39.5. The van der Waals surface area contributed by atoms with Crippen molar-refractivity contribution in [2.45, 2.75) is 141 Å². The van der Waals surface area contributed by atoms with Crippen LogP contribution in [-0.2, 0) is 48.9 Å². The minimum absolute atomic E-state index is 0.0296. The SMILES string of the molecule is CCC[C@H]1OC(=O)[C@@H](CC(C)C)NC(=O)[C@H](CC[S@@](C)=O)OC(=O)C[C@H](OC)[C@H](C)[C@H]2C[C@@H](OC)[C@@](C)(O)[C@@](O)(C[C@@H](O)[C@@H]1C)O2. The van der Waals surface area contributed by atoms with Crippen LogP contribution in [0.3, 0.4) is 0 Å². The van der Waals surface area contributed by atoms with Crippen molar-refractivity contribution in [1.82, 2.24) is 5.32 Å². The fourth-order valence-corrected chi connectivity index (χ4v) is 6.78. The van der Waals surface area contributed by atoms with Crippen LogP contribution < -0.4 is 5.32 Å². The second kappa shape index (κ2) is 17.6. The molecule has 0 saturated carbocycles. The Kier molecular flexibility index (Phi) is 15.5. The first kappa shape index (κ1) is 40.5. The van der Waals surface area contributed by atoms with Crippen LogP contribution in [0, 0.1) is 17.8 Å². The Hall–Kier alpha value is -1.68. The highest BCUT2D eigenvalue weighted by atomic mass is 32.2. The number of hydrogen-bond donors (Lipinski definition) is 4. The van der Waals surface area contributed by atoms with E-state index in [4.69, 9.17) is 23.7 Å². The standard InChI is InChI=1S/C32H57NO12S/c1-10-11-23-19(4)22(34)17-32(39)31(6,38)27(42-8)15-26(45-32)20(5)25(41-7)16-28(35)43-24(12-13-46(9)40)29(36)33-21(14-18(2)3)30(37)44-23/h18-27,34,38-39H,10-17H2,1-9H3,(H,33,36)/t19-,20-,21+,22+,23+,24-,25-,26+,27+,31+,32+,46+/m0/s1. The van der Waals surface area contributed by atoms with Gasteiger partial charge in [0.25, 0.3) is 5.91 Å². The van der Waals surface area contributed by atoms with E-state index in [-0.39, 0.29) is 37.4 Å². The molecule has 2 fully saturated rings. The molecule has 2 aliphatic rings. The molecular weight excluding hydrogens is 622 g/mol. The maximum Gasteiger partial charge on any atom is 0.328 e. The average Bonchev–Trinajstić information content (AvgIpc) is 2.96. The smallest absolute Gasteiger partial charge is 0.328 e. The van der Waals surface area contributed by atoms with Crippen LogP contribution in [0.1, 0.15) is 86.5 Å². The van der Waals surface area contributed by atoms with Crippen molar-refractivity contribution in [2.75, 3.05) is 26.2 Å². The summed E-state index contributed by atoms with van der Waals surface area (Å²) in [5.41, 5.74) is -1.95. The van der Waals surface area contributed by atoms with Crippen LogP contribution in [0.25, 0.3) is 0 Å². The second-order valence-corrected chi connectivity index (χ2v) is 15.1. The van der Waals surface area contributed by atoms with E-state index in [0.29, 0.717) is 12.8 Å². The molecular formula is C32H57NO12S. The van der Waals surface area contributed by atoms with Crippen molar-refractivity contribution in [1.29, 1.82) is 0 Å². The van der Waals surface area contributed by atoms with Gasteiger partial charge in [-0.1, -0.05) is 41.0 Å². The monoisotopic (exact) mass is 679 g/mol. The van der Waals surface area contributed by atoms with Gasteiger partial charge >= 0.3 is 11.9 Å². The highest BCUT2D eigenvalue weighted by Crippen LogP contribution is 2.44. The molecule has 1 amide bonds. The number of nitrogens with one attached hydrogen (secondary N) is 1. The lowest BCUT2D eigenvalue weighted by Crippen LogP contribution is -2.68. The third kappa shape index (κ3) is 10.4. The minimum Gasteiger partial charge on any atom is -0.460 e. The predicted octanol–water partition coefficient (Wildman–Crippen LogP) is 1.60. The van der Waals surface area contributed by atoms with Crippen molar-refractivity contribution < 1.29 is 57.6 Å². The van der Waals surface area contributed by atoms with Crippen LogP contribution >= 0.6 is 0 Å². The molecule has 46 heavy (non-hydrogen) atoms. The summed E-state index contributed by atoms with van der Waals surface area (Å²) in [7, 11) is 1.52. The summed E-state index contributed by atoms with van der Waals surface area (Å²) in [5, 5.41) is 37.6. The molecule has 2 saturated heterocycles. The molecule has 0 spiro atoms. The van der Waals surface area contributed by atoms with Crippen molar-refractivity contribution in [3.63, 3.8) is 0 Å². The zero-order valence-corrected chi connectivity index (χ0v) is 29.7. The molecule has 0 aromatic heterocycles. The highest BCUT2D eigenvalue weighted by molar-refractivity contribution is 7.84. The van der Waals surface area contributed by atoms with Crippen LogP contribution in [-0.4, -0.2) is 118 Å². The summed E-state index contributed by atoms with van der Waals surface area (Å²) >= 11 is 0. The second-order valence-electron chi connectivity index (χ2n) is 13.5. The average molecular weight is 680 g/mol. The maximum atomic E-state index is 13.6. The molecule has 4 N–H and O–H groups in total. The molecule has 2 aliphatic heterocycles. The molecule has 2 bridgehead atoms. The Balaban J connectivity index is 2.62. The van der Waals surface area contributed by atoms with Gasteiger partial charge in [0.15, 0.2) is 11.9 Å². The quantitative estimate of drug-likeness (QED) is 0.258. The van der Waals surface area contributed by atoms with Crippen molar-refractivity contribution in [3.05, 3.63) is 0 Å². The Morgan fingerprint density at radius 3 is 2.26 bits per heavy atom. The Bertz CT molecular complexity index is 1040. The Morgan fingerprint density at radius 2 is 1.72 bits per heavy atom. The van der Waals surface area contributed by atoms with Crippen molar-refractivity contribution in [2.24, 2.45) is 17.8 Å². The lowest BCUT2D eigenvalue weighted by atomic mass is 9.75. The lowest BCUT2D eigenvalue weighted by Gasteiger charge is -2.53. The molecule has 0 aromatic rings. The van der Waals surface area contributed by atoms with Gasteiger partial charge in [-0.15, -0.1) is 0 Å². The molecule has 0 aromatic carbocycles. The summed E-state index contributed by atoms with van der Waals surface area (Å²) in [6, 6.07) is -1.09. The van der Waals surface area contributed by atoms with Crippen molar-refractivity contribution in [3.8, 4) is 0 Å². The van der Waals surface area contributed by atoms with Gasteiger partial charge in [-0.3, -0.25) is 13.8 Å². The zero-order chi connectivity index (χ0) is 35.0. The molecule has 2 rings (SSSR count). The number of esters is 2. The molecule has 0 aliphatic carbocycles. The van der Waals surface area contributed by atoms with E-state index in [1.165, 1.54) is 27.4 Å². The first-order valence-corrected chi connectivity index (χ1v) is 18.0. The van der Waals surface area contributed by atoms with E-state index >= 15 is 0 Å². The third-order valence-electron chi connectivity index (χ3n) is 9.40. The van der Waals surface area contributed by atoms with Gasteiger partial charge < -0.3 is 44.3 Å². The van der Waals surface area contributed by atoms with Gasteiger partial charge in [-0.2, -0.15) is 0 Å². The van der Waals surface area contributed by atoms with Crippen LogP contribution in [0.4, 0.5) is 0 Å². The summed E-state index contributed by atoms with van der Waals surface area (Å²) in [6.07, 6.45) is -3.91. The molecule has 14 heteroatoms. The van der Waals surface area contributed by atoms with Gasteiger partial charge in [0.2, 0.25) is 0 Å². The van der Waals surface area contributed by atoms with E-state index < -0.39 is 101 Å². The Labute approximate surface area is 275 Å². The number of carbonyl (C=O) groups excluding carboxylic acids is 3. The van der Waals surface area contributed by atoms with Crippen LogP contribution in [0.2, 0.25) is 0 Å². The van der Waals surface area contributed by atoms with Gasteiger partial charge in [0, 0.05) is 68.1 Å². The van der Waals surface area contributed by atoms with E-state index in [0.717, 1.165) is 0 Å². The van der Waals surface area contributed by atoms with Gasteiger partial charge in [-0.05, 0) is 25.7 Å². The maximum absolute atomic E-state index is 13.6. The van der Waals surface area contributed by atoms with Crippen LogP contribution in [0.5, 0.6) is 0 Å². The molecule has 2 heterocycles. The number of carbonyl (C=O) groups is 3. The molecule has 12 atom stereocenters. The summed E-state index contributed by atoms with van der Waals surface area (Å²) in [5.74, 6) is -5.70. The van der Waals surface area contributed by atoms with E-state index in [1.807, 2.05) is 20.8 Å². The fourth-order valence-electron chi connectivity index (χ4n) is 6.24. The first-order valence-electron chi connectivity index (χ1n) is 16.3. The molecule has 13 nitrogen and oxygen atoms in total. The number of ether oxygens (including phenoxy) is 5. The van der Waals surface area contributed by atoms with Gasteiger partial charge in [0.1, 0.15) is 17.7 Å². The highest BCUT2D eigenvalue weighted by Gasteiger charge is 2.59. The largest absolute Gasteiger partial charge is 0.460 e. The number of cyclic esters (lactones) is 2. The number of aliphatic hydroxyl groups excluding tert-OH is 1. The molecule has 268 valence electrons. The topological polar surface area (TPSA) is 187 Å². The third-order valence-corrected chi connectivity index (χ3v) is 10.2. The number of amides is 1.